The lowest BCUT2D eigenvalue weighted by Gasteiger charge is -2.36. The quantitative estimate of drug-likeness (QED) is 0.830. The van der Waals surface area contributed by atoms with Gasteiger partial charge in [0.1, 0.15) is 18.5 Å². The van der Waals surface area contributed by atoms with Crippen molar-refractivity contribution in [2.45, 2.75) is 45.3 Å². The third-order valence-electron chi connectivity index (χ3n) is 4.37. The average molecular weight is 400 g/mol. The number of alkyl halides is 1. The van der Waals surface area contributed by atoms with Gasteiger partial charge in [0.2, 0.25) is 5.88 Å². The maximum Gasteiger partial charge on any atom is 0.304 e. The molecule has 2 aliphatic rings. The molecular weight excluding hydrogens is 375 g/mol. The summed E-state index contributed by atoms with van der Waals surface area (Å²) in [5, 5.41) is 2.82. The Labute approximate surface area is 158 Å². The highest BCUT2D eigenvalue weighted by Crippen LogP contribution is 2.34. The molecule has 10 heteroatoms. The number of nitrogens with zero attached hydrogens (tertiary/aromatic N) is 3. The van der Waals surface area contributed by atoms with E-state index in [-0.39, 0.29) is 62.1 Å². The summed E-state index contributed by atoms with van der Waals surface area (Å²) in [6.07, 6.45) is 0.763. The molecule has 150 valence electrons. The Morgan fingerprint density at radius 1 is 1.30 bits per heavy atom. The summed E-state index contributed by atoms with van der Waals surface area (Å²) < 4.78 is 47.5. The van der Waals surface area contributed by atoms with E-state index in [0.29, 0.717) is 0 Å². The Morgan fingerprint density at radius 2 is 1.96 bits per heavy atom. The number of pyridine rings is 1. The molecule has 0 aromatic carbocycles. The summed E-state index contributed by atoms with van der Waals surface area (Å²) in [4.78, 5) is 16.6. The number of fused-ring (bicyclic) bond motifs is 1. The van der Waals surface area contributed by atoms with Crippen molar-refractivity contribution in [3.8, 4) is 5.88 Å². The van der Waals surface area contributed by atoms with Crippen molar-refractivity contribution in [3.05, 3.63) is 17.8 Å². The zero-order chi connectivity index (χ0) is 19.8. The number of anilines is 1. The lowest BCUT2D eigenvalue weighted by atomic mass is 10.1. The Hall–Kier alpha value is -1.94. The molecule has 0 atom stereocenters. The highest BCUT2D eigenvalue weighted by atomic mass is 32.2. The Bertz CT molecular complexity index is 817. The van der Waals surface area contributed by atoms with Crippen molar-refractivity contribution < 1.29 is 22.3 Å². The number of hydrogen-bond acceptors (Lipinski definition) is 5. The first kappa shape index (κ1) is 19.8. The minimum Gasteiger partial charge on any atom is -0.474 e. The van der Waals surface area contributed by atoms with Gasteiger partial charge in [-0.3, -0.25) is 4.79 Å². The van der Waals surface area contributed by atoms with E-state index >= 15 is 0 Å². The predicted octanol–water partition coefficient (Wildman–Crippen LogP) is 1.49. The van der Waals surface area contributed by atoms with Gasteiger partial charge in [-0.05, 0) is 39.7 Å². The number of carbonyl (C=O) groups excluding carboxylic acids is 1. The SMILES string of the molecule is CC(C)(C)NC(=O)c1cnc2c(c1)N(S(=O)(=O)N1CCC(F)CC1)CCO2. The number of nitrogens with one attached hydrogen (secondary N) is 1. The third kappa shape index (κ3) is 4.32. The van der Waals surface area contributed by atoms with Crippen molar-refractivity contribution >= 4 is 21.8 Å². The topological polar surface area (TPSA) is 91.8 Å². The monoisotopic (exact) mass is 400 g/mol. The lowest BCUT2D eigenvalue weighted by molar-refractivity contribution is 0.0919. The van der Waals surface area contributed by atoms with E-state index in [1.165, 1.54) is 20.9 Å². The van der Waals surface area contributed by atoms with Crippen molar-refractivity contribution in [2.75, 3.05) is 30.5 Å². The van der Waals surface area contributed by atoms with Crippen LogP contribution in [0.1, 0.15) is 44.0 Å². The van der Waals surface area contributed by atoms with Gasteiger partial charge in [0.25, 0.3) is 5.91 Å². The van der Waals surface area contributed by atoms with Gasteiger partial charge in [-0.25, -0.2) is 13.7 Å². The second kappa shape index (κ2) is 7.23. The molecule has 8 nitrogen and oxygen atoms in total. The number of ether oxygens (including phenoxy) is 1. The highest BCUT2D eigenvalue weighted by molar-refractivity contribution is 7.90. The van der Waals surface area contributed by atoms with Crippen LogP contribution < -0.4 is 14.4 Å². The average Bonchev–Trinajstić information content (AvgIpc) is 2.59. The first-order valence-corrected chi connectivity index (χ1v) is 10.3. The van der Waals surface area contributed by atoms with Crippen LogP contribution in [0.3, 0.4) is 0 Å². The zero-order valence-electron chi connectivity index (χ0n) is 15.7. The smallest absolute Gasteiger partial charge is 0.304 e. The summed E-state index contributed by atoms with van der Waals surface area (Å²) in [5.41, 5.74) is 0.0356. The maximum atomic E-state index is 13.4. The first-order valence-electron chi connectivity index (χ1n) is 8.95. The van der Waals surface area contributed by atoms with Crippen LogP contribution in [0.5, 0.6) is 5.88 Å². The highest BCUT2D eigenvalue weighted by Gasteiger charge is 2.37. The Morgan fingerprint density at radius 3 is 2.59 bits per heavy atom. The van der Waals surface area contributed by atoms with Gasteiger partial charge in [0.15, 0.2) is 0 Å². The molecule has 0 spiro atoms. The fourth-order valence-electron chi connectivity index (χ4n) is 3.05. The van der Waals surface area contributed by atoms with E-state index in [9.17, 15) is 17.6 Å². The van der Waals surface area contributed by atoms with Crippen LogP contribution in [0.15, 0.2) is 12.3 Å². The lowest BCUT2D eigenvalue weighted by Crippen LogP contribution is -2.50. The molecule has 1 aromatic heterocycles. The second-order valence-corrected chi connectivity index (χ2v) is 9.61. The fourth-order valence-corrected chi connectivity index (χ4v) is 4.68. The minimum atomic E-state index is -3.85. The predicted molar refractivity (Wildman–Crippen MR) is 98.9 cm³/mol. The fraction of sp³-hybridized carbons (Fsp3) is 0.647. The molecular formula is C17H25FN4O4S. The normalized spacial score (nSPS) is 19.3. The van der Waals surface area contributed by atoms with Crippen LogP contribution in [-0.4, -0.2) is 61.6 Å². The summed E-state index contributed by atoms with van der Waals surface area (Å²) in [6, 6.07) is 1.47. The number of rotatable bonds is 3. The molecule has 1 aromatic rings. The second-order valence-electron chi connectivity index (χ2n) is 7.75. The van der Waals surface area contributed by atoms with Crippen LogP contribution in [-0.2, 0) is 10.2 Å². The zero-order valence-corrected chi connectivity index (χ0v) is 16.6. The molecule has 0 unspecified atom stereocenters. The van der Waals surface area contributed by atoms with Crippen LogP contribution in [0.2, 0.25) is 0 Å². The van der Waals surface area contributed by atoms with Gasteiger partial charge in [0.05, 0.1) is 12.1 Å². The molecule has 1 amide bonds. The van der Waals surface area contributed by atoms with Crippen molar-refractivity contribution in [2.24, 2.45) is 0 Å². The molecule has 0 saturated carbocycles. The molecule has 0 radical (unpaired) electrons. The molecule has 3 heterocycles. The van der Waals surface area contributed by atoms with E-state index < -0.39 is 21.9 Å². The van der Waals surface area contributed by atoms with Crippen molar-refractivity contribution in [3.63, 3.8) is 0 Å². The van der Waals surface area contributed by atoms with E-state index in [1.807, 2.05) is 20.8 Å². The number of amides is 1. The number of aromatic nitrogens is 1. The van der Waals surface area contributed by atoms with E-state index in [2.05, 4.69) is 10.3 Å². The molecule has 0 bridgehead atoms. The van der Waals surface area contributed by atoms with Gasteiger partial charge >= 0.3 is 10.2 Å². The Balaban J connectivity index is 1.90. The number of halogens is 1. The summed E-state index contributed by atoms with van der Waals surface area (Å²) in [5.74, 6) is -0.184. The molecule has 3 rings (SSSR count). The van der Waals surface area contributed by atoms with E-state index in [0.717, 1.165) is 0 Å². The summed E-state index contributed by atoms with van der Waals surface area (Å²) in [6.45, 7) is 6.09. The summed E-state index contributed by atoms with van der Waals surface area (Å²) in [7, 11) is -3.85. The summed E-state index contributed by atoms with van der Waals surface area (Å²) >= 11 is 0. The van der Waals surface area contributed by atoms with E-state index in [4.69, 9.17) is 4.74 Å². The number of carbonyl (C=O) groups is 1. The molecule has 1 saturated heterocycles. The Kier molecular flexibility index (Phi) is 5.31. The van der Waals surface area contributed by atoms with Crippen LogP contribution in [0.4, 0.5) is 10.1 Å². The van der Waals surface area contributed by atoms with Crippen LogP contribution >= 0.6 is 0 Å². The van der Waals surface area contributed by atoms with Gasteiger partial charge in [-0.2, -0.15) is 12.7 Å². The number of hydrogen-bond donors (Lipinski definition) is 1. The third-order valence-corrected chi connectivity index (χ3v) is 6.33. The first-order chi connectivity index (χ1) is 12.6. The van der Waals surface area contributed by atoms with Gasteiger partial charge in [-0.15, -0.1) is 0 Å². The van der Waals surface area contributed by atoms with Crippen LogP contribution in [0.25, 0.3) is 0 Å². The van der Waals surface area contributed by atoms with Crippen molar-refractivity contribution in [1.82, 2.24) is 14.6 Å². The molecule has 1 N–H and O–H groups in total. The minimum absolute atomic E-state index is 0.108. The largest absolute Gasteiger partial charge is 0.474 e. The standard InChI is InChI=1S/C17H25FN4O4S/c1-17(2,3)20-15(23)12-10-14-16(19-11-12)26-9-8-22(14)27(24,25)21-6-4-13(18)5-7-21/h10-11,13H,4-9H2,1-3H3,(H,20,23). The molecule has 1 fully saturated rings. The van der Waals surface area contributed by atoms with Gasteiger partial charge in [0, 0.05) is 24.8 Å². The molecule has 27 heavy (non-hydrogen) atoms. The molecule has 0 aliphatic carbocycles. The van der Waals surface area contributed by atoms with Gasteiger partial charge < -0.3 is 10.1 Å². The van der Waals surface area contributed by atoms with E-state index in [1.54, 1.807) is 0 Å². The van der Waals surface area contributed by atoms with Crippen LogP contribution in [0, 0.1) is 0 Å². The van der Waals surface area contributed by atoms with Gasteiger partial charge in [-0.1, -0.05) is 0 Å². The van der Waals surface area contributed by atoms with Crippen molar-refractivity contribution in [1.29, 1.82) is 0 Å². The number of piperidine rings is 1. The molecule has 2 aliphatic heterocycles. The maximum absolute atomic E-state index is 13.4.